The van der Waals surface area contributed by atoms with Gasteiger partial charge in [0.2, 0.25) is 0 Å². The Morgan fingerprint density at radius 2 is 1.96 bits per heavy atom. The van der Waals surface area contributed by atoms with Crippen LogP contribution in [0.5, 0.6) is 5.75 Å². The molecule has 1 aliphatic rings. The fraction of sp³-hybridized carbons (Fsp3) is 0.450. The number of nitrogens with one attached hydrogen (secondary N) is 1. The number of hydrogen-bond donors (Lipinski definition) is 1. The van der Waals surface area contributed by atoms with Crippen LogP contribution in [0.2, 0.25) is 0 Å². The Balaban J connectivity index is 1.64. The number of hydrogen-bond acceptors (Lipinski definition) is 6. The summed E-state index contributed by atoms with van der Waals surface area (Å²) in [5, 5.41) is 2.69. The van der Waals surface area contributed by atoms with E-state index < -0.39 is 15.1 Å². The second-order valence-electron chi connectivity index (χ2n) is 6.84. The highest BCUT2D eigenvalue weighted by atomic mass is 32.2. The van der Waals surface area contributed by atoms with Gasteiger partial charge in [-0.05, 0) is 42.2 Å². The summed E-state index contributed by atoms with van der Waals surface area (Å²) in [4.78, 5) is 4.33. The van der Waals surface area contributed by atoms with Gasteiger partial charge in [-0.15, -0.1) is 11.8 Å². The van der Waals surface area contributed by atoms with E-state index in [9.17, 15) is 8.42 Å². The molecule has 1 N–H and O–H groups in total. The number of benzene rings is 1. The van der Waals surface area contributed by atoms with Gasteiger partial charge in [-0.1, -0.05) is 25.1 Å². The molecule has 146 valence electrons. The molecule has 5 nitrogen and oxygen atoms in total. The lowest BCUT2D eigenvalue weighted by atomic mass is 10.1. The topological polar surface area (TPSA) is 68.3 Å². The molecule has 1 aromatic carbocycles. The van der Waals surface area contributed by atoms with E-state index >= 15 is 0 Å². The van der Waals surface area contributed by atoms with E-state index in [0.29, 0.717) is 17.5 Å². The summed E-state index contributed by atoms with van der Waals surface area (Å²) in [5.41, 5.74) is 2.85. The van der Waals surface area contributed by atoms with Gasteiger partial charge in [0.25, 0.3) is 0 Å². The van der Waals surface area contributed by atoms with E-state index in [2.05, 4.69) is 10.3 Å². The molecule has 0 radical (unpaired) electrons. The van der Waals surface area contributed by atoms with Crippen LogP contribution in [0.4, 0.5) is 0 Å². The molecule has 0 amide bonds. The normalized spacial score (nSPS) is 18.4. The Kier molecular flexibility index (Phi) is 6.78. The van der Waals surface area contributed by atoms with E-state index in [1.54, 1.807) is 12.3 Å². The molecule has 0 spiro atoms. The highest BCUT2D eigenvalue weighted by molar-refractivity contribution is 7.99. The highest BCUT2D eigenvalue weighted by Gasteiger charge is 2.25. The van der Waals surface area contributed by atoms with Crippen molar-refractivity contribution in [3.63, 3.8) is 0 Å². The fourth-order valence-electron chi connectivity index (χ4n) is 3.01. The third-order valence-electron chi connectivity index (χ3n) is 4.70. The average molecular weight is 407 g/mol. The minimum absolute atomic E-state index is 0.0530. The Hall–Kier alpha value is -1.57. The van der Waals surface area contributed by atoms with Crippen LogP contribution in [0, 0.1) is 0 Å². The van der Waals surface area contributed by atoms with Crippen molar-refractivity contribution in [1.82, 2.24) is 10.3 Å². The van der Waals surface area contributed by atoms with Crippen molar-refractivity contribution in [2.24, 2.45) is 0 Å². The zero-order chi connectivity index (χ0) is 19.3. The molecule has 1 saturated heterocycles. The summed E-state index contributed by atoms with van der Waals surface area (Å²) in [5.74, 6) is 2.83. The molecule has 1 fully saturated rings. The third kappa shape index (κ3) is 5.70. The molecule has 0 saturated carbocycles. The van der Waals surface area contributed by atoms with Gasteiger partial charge >= 0.3 is 0 Å². The van der Waals surface area contributed by atoms with E-state index in [-0.39, 0.29) is 6.61 Å². The Morgan fingerprint density at radius 3 is 2.52 bits per heavy atom. The zero-order valence-electron chi connectivity index (χ0n) is 15.7. The molecule has 1 aromatic heterocycles. The molecule has 2 aromatic rings. The summed E-state index contributed by atoms with van der Waals surface area (Å²) < 4.78 is 30.2. The van der Waals surface area contributed by atoms with Gasteiger partial charge in [-0.2, -0.15) is 0 Å². The van der Waals surface area contributed by atoms with Crippen LogP contribution in [-0.4, -0.2) is 43.9 Å². The monoisotopic (exact) mass is 406 g/mol. The first-order valence-corrected chi connectivity index (χ1v) is 12.2. The first-order valence-electron chi connectivity index (χ1n) is 9.12. The van der Waals surface area contributed by atoms with Crippen LogP contribution in [0.3, 0.4) is 0 Å². The van der Waals surface area contributed by atoms with Crippen molar-refractivity contribution in [2.45, 2.75) is 31.1 Å². The summed E-state index contributed by atoms with van der Waals surface area (Å²) in [7, 11) is -3.33. The molecule has 2 heterocycles. The van der Waals surface area contributed by atoms with Crippen LogP contribution in [-0.2, 0) is 22.7 Å². The molecule has 7 heteroatoms. The van der Waals surface area contributed by atoms with Gasteiger partial charge in [0.15, 0.2) is 9.84 Å². The average Bonchev–Trinajstić information content (AvgIpc) is 3.16. The maximum absolute atomic E-state index is 12.2. The Bertz CT molecular complexity index is 831. The van der Waals surface area contributed by atoms with Crippen molar-refractivity contribution in [3.8, 4) is 5.75 Å². The van der Waals surface area contributed by atoms with E-state index in [1.165, 1.54) is 11.8 Å². The number of aromatic nitrogens is 1. The lowest BCUT2D eigenvalue weighted by molar-refractivity contribution is 0.312. The Labute approximate surface area is 165 Å². The lowest BCUT2D eigenvalue weighted by Crippen LogP contribution is -2.25. The van der Waals surface area contributed by atoms with Crippen molar-refractivity contribution in [1.29, 1.82) is 0 Å². The molecule has 1 aliphatic heterocycles. The molecule has 3 rings (SSSR count). The summed E-state index contributed by atoms with van der Waals surface area (Å²) in [6.45, 7) is 2.09. The number of rotatable bonds is 8. The number of ether oxygens (including phenoxy) is 1. The SMILES string of the molecule is CCc1ccc(C(COc2ccc(CC3CSCN3)cc2)S(C)(=O)=O)nc1. The van der Waals surface area contributed by atoms with E-state index in [1.807, 2.05) is 49.0 Å². The maximum Gasteiger partial charge on any atom is 0.159 e. The second kappa shape index (κ2) is 9.08. The summed E-state index contributed by atoms with van der Waals surface area (Å²) >= 11 is 1.92. The van der Waals surface area contributed by atoms with Crippen LogP contribution >= 0.6 is 11.8 Å². The predicted octanol–water partition coefficient (Wildman–Crippen LogP) is 3.01. The van der Waals surface area contributed by atoms with Crippen LogP contribution in [0.15, 0.2) is 42.6 Å². The molecule has 27 heavy (non-hydrogen) atoms. The van der Waals surface area contributed by atoms with Gasteiger partial charge in [-0.25, -0.2) is 8.42 Å². The number of aryl methyl sites for hydroxylation is 1. The predicted molar refractivity (Wildman–Crippen MR) is 111 cm³/mol. The molecular weight excluding hydrogens is 380 g/mol. The quantitative estimate of drug-likeness (QED) is 0.727. The number of nitrogens with zero attached hydrogens (tertiary/aromatic N) is 1. The third-order valence-corrected chi connectivity index (χ3v) is 7.12. The minimum Gasteiger partial charge on any atom is -0.492 e. The standard InChI is InChI=1S/C20H26N2O3S2/c1-3-15-6-9-19(21-11-15)20(27(2,23)24)12-25-18-7-4-16(5-8-18)10-17-13-26-14-22-17/h4-9,11,17,20,22H,3,10,12-14H2,1-2H3. The van der Waals surface area contributed by atoms with Crippen molar-refractivity contribution >= 4 is 21.6 Å². The second-order valence-corrected chi connectivity index (χ2v) is 10.1. The van der Waals surface area contributed by atoms with Gasteiger partial charge in [0.1, 0.15) is 17.6 Å². The van der Waals surface area contributed by atoms with E-state index in [4.69, 9.17) is 4.74 Å². The number of thioether (sulfide) groups is 1. The van der Waals surface area contributed by atoms with Crippen molar-refractivity contribution in [3.05, 3.63) is 59.4 Å². The number of sulfone groups is 1. The minimum atomic E-state index is -3.33. The smallest absolute Gasteiger partial charge is 0.159 e. The molecule has 2 unspecified atom stereocenters. The molecular formula is C20H26N2O3S2. The van der Waals surface area contributed by atoms with Gasteiger partial charge in [0, 0.05) is 30.1 Å². The lowest BCUT2D eigenvalue weighted by Gasteiger charge is -2.16. The van der Waals surface area contributed by atoms with E-state index in [0.717, 1.165) is 30.0 Å². The zero-order valence-corrected chi connectivity index (χ0v) is 17.4. The molecule has 0 bridgehead atoms. The van der Waals surface area contributed by atoms with Gasteiger partial charge in [0.05, 0.1) is 5.69 Å². The van der Waals surface area contributed by atoms with Gasteiger partial charge < -0.3 is 10.1 Å². The maximum atomic E-state index is 12.2. The molecule has 2 atom stereocenters. The first-order chi connectivity index (χ1) is 13.0. The first kappa shape index (κ1) is 20.2. The summed E-state index contributed by atoms with van der Waals surface area (Å²) in [6.07, 6.45) is 4.82. The number of pyridine rings is 1. The Morgan fingerprint density at radius 1 is 1.22 bits per heavy atom. The van der Waals surface area contributed by atoms with Crippen LogP contribution in [0.25, 0.3) is 0 Å². The van der Waals surface area contributed by atoms with Gasteiger partial charge in [-0.3, -0.25) is 4.98 Å². The molecule has 0 aliphatic carbocycles. The largest absolute Gasteiger partial charge is 0.492 e. The van der Waals surface area contributed by atoms with Crippen molar-refractivity contribution < 1.29 is 13.2 Å². The highest BCUT2D eigenvalue weighted by Crippen LogP contribution is 2.23. The van der Waals surface area contributed by atoms with Crippen LogP contribution in [0.1, 0.15) is 29.0 Å². The summed E-state index contributed by atoms with van der Waals surface area (Å²) in [6, 6.07) is 12.1. The van der Waals surface area contributed by atoms with Crippen LogP contribution < -0.4 is 10.1 Å². The van der Waals surface area contributed by atoms with Crippen molar-refractivity contribution in [2.75, 3.05) is 24.5 Å². The fourth-order valence-corrected chi connectivity index (χ4v) is 4.89.